The number of hydrogen-bond acceptors (Lipinski definition) is 4. The molecule has 2 aromatic carbocycles. The maximum absolute atomic E-state index is 6.53. The summed E-state index contributed by atoms with van der Waals surface area (Å²) < 4.78 is 5.37. The average molecular weight is 451 g/mol. The molecule has 0 bridgehead atoms. The van der Waals surface area contributed by atoms with Crippen LogP contribution >= 0.6 is 22.9 Å². The zero-order valence-electron chi connectivity index (χ0n) is 18.1. The third kappa shape index (κ3) is 5.13. The predicted octanol–water partition coefficient (Wildman–Crippen LogP) is 6.68. The van der Waals surface area contributed by atoms with E-state index in [1.54, 1.807) is 18.4 Å². The van der Waals surface area contributed by atoms with Crippen LogP contribution in [0, 0.1) is 31.6 Å². The Morgan fingerprint density at radius 1 is 1.19 bits per heavy atom. The summed E-state index contributed by atoms with van der Waals surface area (Å²) in [4.78, 5) is 5.91. The van der Waals surface area contributed by atoms with Crippen LogP contribution in [0.2, 0.25) is 5.02 Å². The molecule has 1 aromatic heterocycles. The number of nitrogens with zero attached hydrogens (tertiary/aromatic N) is 1. The maximum Gasteiger partial charge on any atom is 0.123 e. The van der Waals surface area contributed by atoms with E-state index in [4.69, 9.17) is 27.1 Å². The molecule has 4 rings (SSSR count). The second-order valence-electron chi connectivity index (χ2n) is 8.17. The van der Waals surface area contributed by atoms with Crippen LogP contribution in [0.3, 0.4) is 0 Å². The summed E-state index contributed by atoms with van der Waals surface area (Å²) >= 11 is 8.11. The van der Waals surface area contributed by atoms with E-state index in [1.165, 1.54) is 18.4 Å². The van der Waals surface area contributed by atoms with Crippen molar-refractivity contribution < 1.29 is 4.74 Å². The van der Waals surface area contributed by atoms with Crippen molar-refractivity contribution in [2.24, 2.45) is 11.7 Å². The second-order valence-corrected chi connectivity index (χ2v) is 9.81. The van der Waals surface area contributed by atoms with E-state index < -0.39 is 6.04 Å². The van der Waals surface area contributed by atoms with Gasteiger partial charge in [-0.1, -0.05) is 66.6 Å². The molecule has 0 aliphatic heterocycles. The van der Waals surface area contributed by atoms with Gasteiger partial charge in [-0.3, -0.25) is 0 Å². The molecule has 3 aromatic rings. The smallest absolute Gasteiger partial charge is 0.123 e. The van der Waals surface area contributed by atoms with Gasteiger partial charge >= 0.3 is 0 Å². The van der Waals surface area contributed by atoms with Crippen molar-refractivity contribution in [3.8, 4) is 28.8 Å². The molecule has 0 amide bonds. The molecule has 0 spiro atoms. The first-order chi connectivity index (χ1) is 15.0. The molecule has 160 valence electrons. The summed E-state index contributed by atoms with van der Waals surface area (Å²) in [6.45, 7) is 4.05. The van der Waals surface area contributed by atoms with Gasteiger partial charge in [0.1, 0.15) is 16.8 Å². The maximum atomic E-state index is 6.53. The Morgan fingerprint density at radius 2 is 1.94 bits per heavy atom. The first-order valence-electron chi connectivity index (χ1n) is 10.6. The van der Waals surface area contributed by atoms with Gasteiger partial charge in [0, 0.05) is 16.4 Å². The summed E-state index contributed by atoms with van der Waals surface area (Å²) in [6, 6.07) is 14.0. The normalized spacial score (nSPS) is 15.1. The monoisotopic (exact) mass is 450 g/mol. The van der Waals surface area contributed by atoms with Crippen molar-refractivity contribution >= 4 is 22.9 Å². The van der Waals surface area contributed by atoms with Gasteiger partial charge in [0.15, 0.2) is 0 Å². The van der Waals surface area contributed by atoms with Gasteiger partial charge in [0.05, 0.1) is 17.8 Å². The number of methoxy groups -OCH3 is 1. The molecule has 1 unspecified atom stereocenters. The Bertz CT molecular complexity index is 1130. The molecule has 1 saturated carbocycles. The molecule has 2 atom stereocenters. The minimum atomic E-state index is -0.416. The van der Waals surface area contributed by atoms with Gasteiger partial charge in [0.2, 0.25) is 0 Å². The van der Waals surface area contributed by atoms with Gasteiger partial charge in [-0.25, -0.2) is 4.98 Å². The molecular weight excluding hydrogens is 424 g/mol. The van der Waals surface area contributed by atoms with Crippen molar-refractivity contribution in [2.45, 2.75) is 45.1 Å². The molecule has 5 heteroatoms. The van der Waals surface area contributed by atoms with Crippen LogP contribution in [-0.4, -0.2) is 12.1 Å². The SMILES string of the molecule is COc1cc(Cl)c(-c2nc(C(N)C#C[C@@H](CC3CC3)c3ccccc3)sc2C)cc1C. The van der Waals surface area contributed by atoms with E-state index >= 15 is 0 Å². The van der Waals surface area contributed by atoms with Crippen molar-refractivity contribution in [3.05, 3.63) is 68.5 Å². The topological polar surface area (TPSA) is 48.1 Å². The molecule has 3 nitrogen and oxygen atoms in total. The molecule has 1 aliphatic carbocycles. The van der Waals surface area contributed by atoms with Crippen LogP contribution in [0.4, 0.5) is 0 Å². The fourth-order valence-electron chi connectivity index (χ4n) is 3.77. The van der Waals surface area contributed by atoms with Crippen LogP contribution in [0.25, 0.3) is 11.3 Å². The lowest BCUT2D eigenvalue weighted by Gasteiger charge is -2.10. The molecule has 1 aliphatic rings. The quantitative estimate of drug-likeness (QED) is 0.426. The number of nitrogens with two attached hydrogens (primary N) is 1. The molecule has 0 radical (unpaired) electrons. The first kappa shape index (κ1) is 21.9. The molecule has 31 heavy (non-hydrogen) atoms. The molecule has 1 fully saturated rings. The van der Waals surface area contributed by atoms with E-state index in [0.717, 1.165) is 44.8 Å². The summed E-state index contributed by atoms with van der Waals surface area (Å²) in [5, 5.41) is 1.44. The van der Waals surface area contributed by atoms with Crippen molar-refractivity contribution in [3.63, 3.8) is 0 Å². The lowest BCUT2D eigenvalue weighted by molar-refractivity contribution is 0.412. The van der Waals surface area contributed by atoms with Crippen LogP contribution in [0.1, 0.15) is 52.2 Å². The summed E-state index contributed by atoms with van der Waals surface area (Å²) in [5.74, 6) is 8.54. The standard InChI is InChI=1S/C26H27ClN2OS/c1-16-13-21(22(27)15-24(16)30-3)25-17(2)31-26(29-25)23(28)12-11-20(14-18-9-10-18)19-7-5-4-6-8-19/h4-8,13,15,18,20,23H,9-10,14,28H2,1-3H3/t20-,23?/m0/s1. The Labute approximate surface area is 193 Å². The number of halogens is 1. The minimum Gasteiger partial charge on any atom is -0.496 e. The molecule has 2 N–H and O–H groups in total. The van der Waals surface area contributed by atoms with Crippen molar-refractivity contribution in [1.29, 1.82) is 0 Å². The number of aryl methyl sites for hydroxylation is 2. The van der Waals surface area contributed by atoms with Crippen molar-refractivity contribution in [2.75, 3.05) is 7.11 Å². The van der Waals surface area contributed by atoms with Crippen LogP contribution < -0.4 is 10.5 Å². The minimum absolute atomic E-state index is 0.221. The molecule has 0 saturated heterocycles. The number of aromatic nitrogens is 1. The Kier molecular flexibility index (Phi) is 6.67. The number of hydrogen-bond donors (Lipinski definition) is 1. The molecule has 1 heterocycles. The van der Waals surface area contributed by atoms with Crippen molar-refractivity contribution in [1.82, 2.24) is 4.98 Å². The average Bonchev–Trinajstić information content (AvgIpc) is 3.52. The van der Waals surface area contributed by atoms with Crippen LogP contribution in [0.15, 0.2) is 42.5 Å². The third-order valence-electron chi connectivity index (χ3n) is 5.70. The number of ether oxygens (including phenoxy) is 1. The lowest BCUT2D eigenvalue weighted by atomic mass is 9.94. The number of thiazole rings is 1. The van der Waals surface area contributed by atoms with E-state index in [2.05, 4.69) is 36.1 Å². The Balaban J connectivity index is 1.59. The van der Waals surface area contributed by atoms with Gasteiger partial charge < -0.3 is 10.5 Å². The lowest BCUT2D eigenvalue weighted by Crippen LogP contribution is -2.08. The van der Waals surface area contributed by atoms with Gasteiger partial charge in [0.25, 0.3) is 0 Å². The molecular formula is C26H27ClN2OS. The summed E-state index contributed by atoms with van der Waals surface area (Å²) in [6.07, 6.45) is 3.73. The van der Waals surface area contributed by atoms with Gasteiger partial charge in [-0.2, -0.15) is 0 Å². The Hall–Kier alpha value is -2.32. The van der Waals surface area contributed by atoms with Crippen LogP contribution in [-0.2, 0) is 0 Å². The number of rotatable bonds is 6. The van der Waals surface area contributed by atoms with E-state index in [0.29, 0.717) is 5.02 Å². The highest BCUT2D eigenvalue weighted by Gasteiger charge is 2.25. The summed E-state index contributed by atoms with van der Waals surface area (Å²) in [7, 11) is 1.65. The fourth-order valence-corrected chi connectivity index (χ4v) is 4.90. The third-order valence-corrected chi connectivity index (χ3v) is 7.07. The highest BCUT2D eigenvalue weighted by Crippen LogP contribution is 2.39. The van der Waals surface area contributed by atoms with Gasteiger partial charge in [-0.15, -0.1) is 11.3 Å². The highest BCUT2D eigenvalue weighted by molar-refractivity contribution is 7.12. The van der Waals surface area contributed by atoms with E-state index in [9.17, 15) is 0 Å². The zero-order chi connectivity index (χ0) is 22.0. The number of benzene rings is 2. The first-order valence-corrected chi connectivity index (χ1v) is 11.8. The highest BCUT2D eigenvalue weighted by atomic mass is 35.5. The van der Waals surface area contributed by atoms with E-state index in [1.807, 2.05) is 32.0 Å². The van der Waals surface area contributed by atoms with Gasteiger partial charge in [-0.05, 0) is 49.4 Å². The second kappa shape index (κ2) is 9.44. The largest absolute Gasteiger partial charge is 0.496 e. The van der Waals surface area contributed by atoms with E-state index in [-0.39, 0.29) is 5.92 Å². The summed E-state index contributed by atoms with van der Waals surface area (Å²) in [5.41, 5.74) is 10.5. The van der Waals surface area contributed by atoms with Crippen LogP contribution in [0.5, 0.6) is 5.75 Å². The Morgan fingerprint density at radius 3 is 2.61 bits per heavy atom. The fraction of sp³-hybridized carbons (Fsp3) is 0.346. The zero-order valence-corrected chi connectivity index (χ0v) is 19.7. The predicted molar refractivity (Wildman–Crippen MR) is 130 cm³/mol.